The minimum absolute atomic E-state index is 0.0272. The summed E-state index contributed by atoms with van der Waals surface area (Å²) < 4.78 is 38.6. The van der Waals surface area contributed by atoms with E-state index < -0.39 is 23.8 Å². The Hall–Kier alpha value is -2.65. The number of nitrogens with one attached hydrogen (secondary N) is 1. The Balaban J connectivity index is 1.67. The largest absolute Gasteiger partial charge is 0.416 e. The van der Waals surface area contributed by atoms with Crippen molar-refractivity contribution in [3.63, 3.8) is 0 Å². The van der Waals surface area contributed by atoms with Crippen LogP contribution in [0.3, 0.4) is 0 Å². The number of aliphatic hydroxyl groups excluding tert-OH is 1. The van der Waals surface area contributed by atoms with Crippen molar-refractivity contribution in [2.75, 3.05) is 11.1 Å². The molecule has 146 valence electrons. The van der Waals surface area contributed by atoms with Gasteiger partial charge < -0.3 is 16.2 Å². The maximum absolute atomic E-state index is 12.9. The van der Waals surface area contributed by atoms with E-state index in [-0.39, 0.29) is 16.3 Å². The highest BCUT2D eigenvalue weighted by atomic mass is 32.1. The molecule has 0 aliphatic heterocycles. The maximum Gasteiger partial charge on any atom is 0.416 e. The number of anilines is 2. The first-order chi connectivity index (χ1) is 13.2. The average Bonchev–Trinajstić information content (AvgIpc) is 2.96. The molecule has 4 N–H and O–H groups in total. The Kier molecular flexibility index (Phi) is 4.51. The van der Waals surface area contributed by atoms with Crippen molar-refractivity contribution in [3.8, 4) is 0 Å². The number of rotatable bonds is 2. The van der Waals surface area contributed by atoms with Gasteiger partial charge in [-0.1, -0.05) is 6.07 Å². The average molecular weight is 407 g/mol. The lowest BCUT2D eigenvalue weighted by Gasteiger charge is -2.20. The van der Waals surface area contributed by atoms with Gasteiger partial charge in [-0.2, -0.15) is 13.2 Å². The van der Waals surface area contributed by atoms with E-state index in [2.05, 4.69) is 10.3 Å². The van der Waals surface area contributed by atoms with Gasteiger partial charge in [0.2, 0.25) is 0 Å². The SMILES string of the molecule is Nc1c(C(=O)Nc2cccc(C(F)(F)F)c2)sc2nc3c(cc12)C(O)CCC3. The summed E-state index contributed by atoms with van der Waals surface area (Å²) in [4.78, 5) is 17.9. The number of alkyl halides is 3. The van der Waals surface area contributed by atoms with Crippen LogP contribution < -0.4 is 11.1 Å². The molecule has 0 spiro atoms. The normalized spacial score (nSPS) is 16.8. The quantitative estimate of drug-likeness (QED) is 0.583. The Bertz CT molecular complexity index is 1080. The van der Waals surface area contributed by atoms with Crippen LogP contribution in [-0.4, -0.2) is 16.0 Å². The number of pyridine rings is 1. The van der Waals surface area contributed by atoms with Gasteiger partial charge in [0, 0.05) is 22.3 Å². The third kappa shape index (κ3) is 3.31. The van der Waals surface area contributed by atoms with E-state index >= 15 is 0 Å². The molecular weight excluding hydrogens is 391 g/mol. The molecule has 1 aliphatic rings. The van der Waals surface area contributed by atoms with Crippen LogP contribution in [0.1, 0.15) is 45.4 Å². The van der Waals surface area contributed by atoms with Crippen molar-refractivity contribution < 1.29 is 23.1 Å². The van der Waals surface area contributed by atoms with Gasteiger partial charge >= 0.3 is 6.18 Å². The third-order valence-corrected chi connectivity index (χ3v) is 5.85. The summed E-state index contributed by atoms with van der Waals surface area (Å²) >= 11 is 1.08. The van der Waals surface area contributed by atoms with Crippen LogP contribution in [0, 0.1) is 0 Å². The second-order valence-corrected chi connectivity index (χ2v) is 7.66. The van der Waals surface area contributed by atoms with Gasteiger partial charge in [0.25, 0.3) is 5.91 Å². The van der Waals surface area contributed by atoms with Crippen LogP contribution in [0.15, 0.2) is 30.3 Å². The number of hydrogen-bond donors (Lipinski definition) is 3. The van der Waals surface area contributed by atoms with E-state index in [1.54, 1.807) is 6.07 Å². The molecule has 0 radical (unpaired) electrons. The summed E-state index contributed by atoms with van der Waals surface area (Å²) in [6, 6.07) is 6.17. The van der Waals surface area contributed by atoms with Crippen molar-refractivity contribution >= 4 is 38.8 Å². The third-order valence-electron chi connectivity index (χ3n) is 4.74. The molecule has 1 atom stereocenters. The minimum Gasteiger partial charge on any atom is -0.397 e. The standard InChI is InChI=1S/C19H16F3N3O2S/c20-19(21,22)9-3-1-4-10(7-9)24-17(27)16-15(23)12-8-11-13(25-18(12)28-16)5-2-6-14(11)26/h1,3-4,7-8,14,26H,2,5-6,23H2,(H,24,27). The van der Waals surface area contributed by atoms with Crippen LogP contribution in [0.2, 0.25) is 0 Å². The second-order valence-electron chi connectivity index (χ2n) is 6.66. The second kappa shape index (κ2) is 6.75. The number of carbonyl (C=O) groups is 1. The van der Waals surface area contributed by atoms with Crippen LogP contribution in [0.5, 0.6) is 0 Å². The van der Waals surface area contributed by atoms with Crippen LogP contribution in [-0.2, 0) is 12.6 Å². The fraction of sp³-hybridized carbons (Fsp3) is 0.263. The Labute approximate surface area is 162 Å². The number of nitrogen functional groups attached to an aromatic ring is 1. The van der Waals surface area contributed by atoms with Crippen LogP contribution >= 0.6 is 11.3 Å². The van der Waals surface area contributed by atoms with Crippen molar-refractivity contribution in [2.45, 2.75) is 31.5 Å². The molecule has 0 fully saturated rings. The Morgan fingerprint density at radius 1 is 1.32 bits per heavy atom. The molecule has 4 rings (SSSR count). The van der Waals surface area contributed by atoms with Crippen molar-refractivity contribution in [1.82, 2.24) is 4.98 Å². The van der Waals surface area contributed by atoms with Gasteiger partial charge in [-0.25, -0.2) is 4.98 Å². The van der Waals surface area contributed by atoms with Gasteiger partial charge in [-0.3, -0.25) is 4.79 Å². The number of aliphatic hydroxyl groups is 1. The number of nitrogens with two attached hydrogens (primary N) is 1. The number of fused-ring (bicyclic) bond motifs is 2. The predicted octanol–water partition coefficient (Wildman–Crippen LogP) is 4.52. The molecule has 2 aromatic heterocycles. The molecule has 0 saturated heterocycles. The molecule has 0 bridgehead atoms. The topological polar surface area (TPSA) is 88.2 Å². The summed E-state index contributed by atoms with van der Waals surface area (Å²) in [6.45, 7) is 0. The molecule has 0 saturated carbocycles. The molecule has 1 aliphatic carbocycles. The molecule has 5 nitrogen and oxygen atoms in total. The van der Waals surface area contributed by atoms with E-state index in [1.165, 1.54) is 12.1 Å². The van der Waals surface area contributed by atoms with Gasteiger partial charge in [0.15, 0.2) is 0 Å². The zero-order valence-corrected chi connectivity index (χ0v) is 15.3. The number of thiophene rings is 1. The van der Waals surface area contributed by atoms with Gasteiger partial charge in [0.05, 0.1) is 17.4 Å². The molecular formula is C19H16F3N3O2S. The number of halogens is 3. The number of benzene rings is 1. The summed E-state index contributed by atoms with van der Waals surface area (Å²) in [5, 5.41) is 13.2. The number of carbonyl (C=O) groups excluding carboxylic acids is 1. The fourth-order valence-electron chi connectivity index (χ4n) is 3.33. The molecule has 1 aromatic carbocycles. The predicted molar refractivity (Wildman–Crippen MR) is 101 cm³/mol. The first kappa shape index (κ1) is 18.7. The zero-order valence-electron chi connectivity index (χ0n) is 14.5. The van der Waals surface area contributed by atoms with Crippen molar-refractivity contribution in [1.29, 1.82) is 0 Å². The summed E-state index contributed by atoms with van der Waals surface area (Å²) in [7, 11) is 0. The fourth-order valence-corrected chi connectivity index (χ4v) is 4.32. The number of aromatic nitrogens is 1. The van der Waals surface area contributed by atoms with E-state index in [1.807, 2.05) is 0 Å². The van der Waals surface area contributed by atoms with E-state index in [9.17, 15) is 23.1 Å². The van der Waals surface area contributed by atoms with Crippen molar-refractivity contribution in [2.24, 2.45) is 0 Å². The highest BCUT2D eigenvalue weighted by molar-refractivity contribution is 7.21. The minimum atomic E-state index is -4.50. The molecule has 1 unspecified atom stereocenters. The summed E-state index contributed by atoms with van der Waals surface area (Å²) in [5.74, 6) is -0.599. The lowest BCUT2D eigenvalue weighted by molar-refractivity contribution is -0.137. The van der Waals surface area contributed by atoms with Crippen molar-refractivity contribution in [3.05, 3.63) is 52.0 Å². The first-order valence-corrected chi connectivity index (χ1v) is 9.44. The molecule has 1 amide bonds. The maximum atomic E-state index is 12.9. The Morgan fingerprint density at radius 3 is 2.86 bits per heavy atom. The van der Waals surface area contributed by atoms with Gasteiger partial charge in [-0.15, -0.1) is 11.3 Å². The molecule has 2 heterocycles. The smallest absolute Gasteiger partial charge is 0.397 e. The number of nitrogens with zero attached hydrogens (tertiary/aromatic N) is 1. The van der Waals surface area contributed by atoms with E-state index in [4.69, 9.17) is 5.73 Å². The van der Waals surface area contributed by atoms with Gasteiger partial charge in [-0.05, 0) is 43.5 Å². The lowest BCUT2D eigenvalue weighted by Crippen LogP contribution is -2.13. The first-order valence-electron chi connectivity index (χ1n) is 8.62. The lowest BCUT2D eigenvalue weighted by atomic mass is 9.93. The van der Waals surface area contributed by atoms with Gasteiger partial charge in [0.1, 0.15) is 9.71 Å². The monoisotopic (exact) mass is 407 g/mol. The van der Waals surface area contributed by atoms with Crippen LogP contribution in [0.25, 0.3) is 10.2 Å². The number of hydrogen-bond acceptors (Lipinski definition) is 5. The highest BCUT2D eigenvalue weighted by Gasteiger charge is 2.30. The zero-order chi connectivity index (χ0) is 20.1. The molecule has 28 heavy (non-hydrogen) atoms. The molecule has 9 heteroatoms. The van der Waals surface area contributed by atoms with E-state index in [0.717, 1.165) is 42.0 Å². The highest BCUT2D eigenvalue weighted by Crippen LogP contribution is 2.38. The Morgan fingerprint density at radius 2 is 2.11 bits per heavy atom. The molecule has 3 aromatic rings. The number of aryl methyl sites for hydroxylation is 1. The summed E-state index contributed by atoms with van der Waals surface area (Å²) in [6.07, 6.45) is -2.89. The number of amides is 1. The summed E-state index contributed by atoms with van der Waals surface area (Å²) in [5.41, 5.74) is 7.01. The van der Waals surface area contributed by atoms with E-state index in [0.29, 0.717) is 22.2 Å². The van der Waals surface area contributed by atoms with Crippen LogP contribution in [0.4, 0.5) is 24.5 Å².